The van der Waals surface area contributed by atoms with Gasteiger partial charge in [0.15, 0.2) is 0 Å². The van der Waals surface area contributed by atoms with Crippen molar-refractivity contribution in [1.82, 2.24) is 14.7 Å². The van der Waals surface area contributed by atoms with E-state index in [1.165, 1.54) is 5.56 Å². The van der Waals surface area contributed by atoms with E-state index in [4.69, 9.17) is 16.3 Å². The van der Waals surface area contributed by atoms with Crippen LogP contribution in [0.4, 0.5) is 0 Å². The van der Waals surface area contributed by atoms with E-state index in [0.717, 1.165) is 24.9 Å². The second kappa shape index (κ2) is 8.12. The Hall–Kier alpha value is -1.40. The molecule has 1 aliphatic rings. The molecule has 6 heteroatoms. The number of aryl methyl sites for hydroxylation is 1. The number of aromatic nitrogens is 2. The highest BCUT2D eigenvalue weighted by molar-refractivity contribution is 6.31. The van der Waals surface area contributed by atoms with Crippen molar-refractivity contribution < 1.29 is 9.84 Å². The standard InChI is InChI=1S/C18H24ClN3O2/c1-21-10-15(9-20-21)18-7-4-8-22(18)11-16(23)13-24-12-14-5-2-3-6-17(14)19/h2-3,5-6,9-10,16,18,23H,4,7-8,11-13H2,1H3/t16-,18+/m1/s1. The number of halogens is 1. The highest BCUT2D eigenvalue weighted by atomic mass is 35.5. The number of hydrogen-bond donors (Lipinski definition) is 1. The predicted molar refractivity (Wildman–Crippen MR) is 93.9 cm³/mol. The summed E-state index contributed by atoms with van der Waals surface area (Å²) in [6, 6.07) is 7.96. The lowest BCUT2D eigenvalue weighted by atomic mass is 10.1. The molecule has 2 heterocycles. The zero-order valence-electron chi connectivity index (χ0n) is 13.9. The highest BCUT2D eigenvalue weighted by Crippen LogP contribution is 2.31. The molecule has 1 aromatic heterocycles. The largest absolute Gasteiger partial charge is 0.389 e. The van der Waals surface area contributed by atoms with Gasteiger partial charge in [-0.05, 0) is 31.0 Å². The molecule has 3 rings (SSSR count). The molecule has 2 atom stereocenters. The van der Waals surface area contributed by atoms with Crippen LogP contribution >= 0.6 is 11.6 Å². The Kier molecular flexibility index (Phi) is 5.89. The maximum absolute atomic E-state index is 10.3. The number of β-amino-alcohol motifs (C(OH)–C–C–N with tert-alkyl or cyclic N) is 1. The third-order valence-corrected chi connectivity index (χ3v) is 4.81. The quantitative estimate of drug-likeness (QED) is 0.835. The summed E-state index contributed by atoms with van der Waals surface area (Å²) >= 11 is 6.11. The second-order valence-corrected chi connectivity index (χ2v) is 6.77. The number of hydrogen-bond acceptors (Lipinski definition) is 4. The van der Waals surface area contributed by atoms with Gasteiger partial charge >= 0.3 is 0 Å². The maximum atomic E-state index is 10.3. The summed E-state index contributed by atoms with van der Waals surface area (Å²) in [5.41, 5.74) is 2.17. The summed E-state index contributed by atoms with van der Waals surface area (Å²) in [5.74, 6) is 0. The van der Waals surface area contributed by atoms with Crippen molar-refractivity contribution in [3.63, 3.8) is 0 Å². The van der Waals surface area contributed by atoms with Gasteiger partial charge in [0.1, 0.15) is 0 Å². The molecule has 0 spiro atoms. The van der Waals surface area contributed by atoms with Crippen LogP contribution in [0, 0.1) is 0 Å². The van der Waals surface area contributed by atoms with Crippen LogP contribution in [-0.4, -0.2) is 45.6 Å². The highest BCUT2D eigenvalue weighted by Gasteiger charge is 2.28. The lowest BCUT2D eigenvalue weighted by Crippen LogP contribution is -2.34. The van der Waals surface area contributed by atoms with Gasteiger partial charge in [0.05, 0.1) is 25.5 Å². The van der Waals surface area contributed by atoms with E-state index < -0.39 is 6.10 Å². The summed E-state index contributed by atoms with van der Waals surface area (Å²) in [7, 11) is 1.93. The molecular formula is C18H24ClN3O2. The van der Waals surface area contributed by atoms with Gasteiger partial charge in [-0.25, -0.2) is 0 Å². The normalized spacial score (nSPS) is 19.7. The van der Waals surface area contributed by atoms with Crippen molar-refractivity contribution in [2.45, 2.75) is 31.6 Å². The number of rotatable bonds is 7. The van der Waals surface area contributed by atoms with Crippen molar-refractivity contribution in [3.05, 3.63) is 52.8 Å². The van der Waals surface area contributed by atoms with E-state index in [1.807, 2.05) is 42.2 Å². The first-order valence-electron chi connectivity index (χ1n) is 8.35. The fourth-order valence-corrected chi connectivity index (χ4v) is 3.47. The van der Waals surface area contributed by atoms with Crippen LogP contribution in [-0.2, 0) is 18.4 Å². The molecule has 1 aromatic carbocycles. The average Bonchev–Trinajstić information content (AvgIpc) is 3.18. The van der Waals surface area contributed by atoms with Crippen molar-refractivity contribution in [1.29, 1.82) is 0 Å². The van der Waals surface area contributed by atoms with Crippen molar-refractivity contribution in [2.75, 3.05) is 19.7 Å². The SMILES string of the molecule is Cn1cc([C@@H]2CCCN2C[C@@H](O)COCc2ccccc2Cl)cn1. The number of nitrogens with zero attached hydrogens (tertiary/aromatic N) is 3. The molecule has 5 nitrogen and oxygen atoms in total. The smallest absolute Gasteiger partial charge is 0.0900 e. The van der Waals surface area contributed by atoms with Crippen LogP contribution in [0.2, 0.25) is 5.02 Å². The Morgan fingerprint density at radius 1 is 1.42 bits per heavy atom. The topological polar surface area (TPSA) is 50.5 Å². The van der Waals surface area contributed by atoms with E-state index >= 15 is 0 Å². The lowest BCUT2D eigenvalue weighted by Gasteiger charge is -2.26. The van der Waals surface area contributed by atoms with Crippen LogP contribution in [0.3, 0.4) is 0 Å². The molecule has 0 aliphatic carbocycles. The minimum atomic E-state index is -0.509. The Morgan fingerprint density at radius 2 is 2.25 bits per heavy atom. The third-order valence-electron chi connectivity index (χ3n) is 4.44. The molecule has 0 amide bonds. The Bertz CT molecular complexity index is 661. The first-order valence-corrected chi connectivity index (χ1v) is 8.73. The first-order chi connectivity index (χ1) is 11.6. The minimum Gasteiger partial charge on any atom is -0.389 e. The van der Waals surface area contributed by atoms with Crippen LogP contribution in [0.5, 0.6) is 0 Å². The van der Waals surface area contributed by atoms with Gasteiger partial charge in [0.2, 0.25) is 0 Å². The summed E-state index contributed by atoms with van der Waals surface area (Å²) in [6.45, 7) is 2.34. The third kappa shape index (κ3) is 4.36. The van der Waals surface area contributed by atoms with Gasteiger partial charge in [-0.1, -0.05) is 29.8 Å². The number of aliphatic hydroxyl groups is 1. The first kappa shape index (κ1) is 17.4. The molecule has 1 saturated heterocycles. The van der Waals surface area contributed by atoms with Crippen LogP contribution in [0.25, 0.3) is 0 Å². The zero-order valence-corrected chi connectivity index (χ0v) is 14.7. The van der Waals surface area contributed by atoms with Gasteiger partial charge in [-0.15, -0.1) is 0 Å². The maximum Gasteiger partial charge on any atom is 0.0900 e. The Balaban J connectivity index is 1.47. The zero-order chi connectivity index (χ0) is 16.9. The molecule has 1 aliphatic heterocycles. The molecule has 24 heavy (non-hydrogen) atoms. The summed E-state index contributed by atoms with van der Waals surface area (Å²) in [5, 5.41) is 15.3. The fourth-order valence-electron chi connectivity index (χ4n) is 3.28. The van der Waals surface area contributed by atoms with E-state index in [1.54, 1.807) is 0 Å². The second-order valence-electron chi connectivity index (χ2n) is 6.36. The predicted octanol–water partition coefficient (Wildman–Crippen LogP) is 2.79. The molecule has 1 fully saturated rings. The van der Waals surface area contributed by atoms with Gasteiger partial charge in [-0.2, -0.15) is 5.10 Å². The van der Waals surface area contributed by atoms with Crippen LogP contribution in [0.15, 0.2) is 36.7 Å². The number of benzene rings is 1. The fraction of sp³-hybridized carbons (Fsp3) is 0.500. The van der Waals surface area contributed by atoms with Crippen molar-refractivity contribution >= 4 is 11.6 Å². The van der Waals surface area contributed by atoms with E-state index in [9.17, 15) is 5.11 Å². The summed E-state index contributed by atoms with van der Waals surface area (Å²) in [6.07, 6.45) is 5.72. The number of aliphatic hydroxyl groups excluding tert-OH is 1. The van der Waals surface area contributed by atoms with Crippen molar-refractivity contribution in [2.24, 2.45) is 7.05 Å². The molecule has 1 N–H and O–H groups in total. The lowest BCUT2D eigenvalue weighted by molar-refractivity contribution is 0.00773. The molecule has 0 radical (unpaired) electrons. The van der Waals surface area contributed by atoms with Gasteiger partial charge < -0.3 is 9.84 Å². The van der Waals surface area contributed by atoms with Gasteiger partial charge in [0, 0.05) is 36.4 Å². The Labute approximate surface area is 147 Å². The molecule has 0 unspecified atom stereocenters. The van der Waals surface area contributed by atoms with Crippen LogP contribution in [0.1, 0.15) is 30.0 Å². The van der Waals surface area contributed by atoms with E-state index in [-0.39, 0.29) is 0 Å². The monoisotopic (exact) mass is 349 g/mol. The summed E-state index contributed by atoms with van der Waals surface area (Å²) < 4.78 is 7.47. The molecule has 130 valence electrons. The number of ether oxygens (including phenoxy) is 1. The van der Waals surface area contributed by atoms with Crippen LogP contribution < -0.4 is 0 Å². The van der Waals surface area contributed by atoms with Crippen molar-refractivity contribution in [3.8, 4) is 0 Å². The average molecular weight is 350 g/mol. The van der Waals surface area contributed by atoms with Gasteiger partial charge in [0.25, 0.3) is 0 Å². The van der Waals surface area contributed by atoms with E-state index in [2.05, 4.69) is 16.2 Å². The molecule has 2 aromatic rings. The summed E-state index contributed by atoms with van der Waals surface area (Å²) in [4.78, 5) is 2.32. The Morgan fingerprint density at radius 3 is 3.00 bits per heavy atom. The minimum absolute atomic E-state index is 0.307. The molecule has 0 bridgehead atoms. The molecule has 0 saturated carbocycles. The van der Waals surface area contributed by atoms with Gasteiger partial charge in [-0.3, -0.25) is 9.58 Å². The van der Waals surface area contributed by atoms with E-state index in [0.29, 0.717) is 30.8 Å². The molecular weight excluding hydrogens is 326 g/mol. The number of likely N-dealkylation sites (tertiary alicyclic amines) is 1.